The van der Waals surface area contributed by atoms with E-state index < -0.39 is 0 Å². The molecule has 0 radical (unpaired) electrons. The van der Waals surface area contributed by atoms with Crippen molar-refractivity contribution in [2.45, 2.75) is 19.9 Å². The van der Waals surface area contributed by atoms with E-state index >= 15 is 0 Å². The molecule has 154 valence electrons. The minimum Gasteiger partial charge on any atom is -0.439 e. The molecule has 1 aliphatic heterocycles. The van der Waals surface area contributed by atoms with Gasteiger partial charge in [0.25, 0.3) is 5.91 Å². The maximum atomic E-state index is 12.9. The Balaban J connectivity index is 1.43. The van der Waals surface area contributed by atoms with E-state index in [-0.39, 0.29) is 11.9 Å². The molecule has 30 heavy (non-hydrogen) atoms. The summed E-state index contributed by atoms with van der Waals surface area (Å²) in [6.07, 6.45) is 1.50. The van der Waals surface area contributed by atoms with Crippen LogP contribution in [0.5, 0.6) is 11.6 Å². The molecule has 3 aromatic rings. The summed E-state index contributed by atoms with van der Waals surface area (Å²) in [5.74, 6) is 1.97. The van der Waals surface area contributed by atoms with Crippen molar-refractivity contribution in [1.29, 1.82) is 0 Å². The number of carbonyl (C=O) groups excluding carboxylic acids is 1. The SMILES string of the molecule is Cc1ccc(C(=O)N2CCN(c3cc(Oc4ccc(Cl)cc4)ncn3)C[C@H]2C)cc1. The van der Waals surface area contributed by atoms with Crippen LogP contribution in [-0.2, 0) is 0 Å². The highest BCUT2D eigenvalue weighted by Crippen LogP contribution is 2.25. The summed E-state index contributed by atoms with van der Waals surface area (Å²) in [6.45, 7) is 6.09. The minimum atomic E-state index is 0.0585. The van der Waals surface area contributed by atoms with Crippen molar-refractivity contribution in [3.05, 3.63) is 77.1 Å². The lowest BCUT2D eigenvalue weighted by Gasteiger charge is -2.40. The van der Waals surface area contributed by atoms with Gasteiger partial charge in [-0.15, -0.1) is 0 Å². The summed E-state index contributed by atoms with van der Waals surface area (Å²) in [5.41, 5.74) is 1.87. The lowest BCUT2D eigenvalue weighted by Crippen LogP contribution is -2.54. The zero-order valence-corrected chi connectivity index (χ0v) is 17.7. The van der Waals surface area contributed by atoms with E-state index in [1.807, 2.05) is 42.2 Å². The molecule has 1 amide bonds. The van der Waals surface area contributed by atoms with Gasteiger partial charge in [0.05, 0.1) is 0 Å². The topological polar surface area (TPSA) is 58.6 Å². The number of anilines is 1. The number of nitrogens with zero attached hydrogens (tertiary/aromatic N) is 4. The molecular weight excluding hydrogens is 400 g/mol. The van der Waals surface area contributed by atoms with Crippen molar-refractivity contribution >= 4 is 23.3 Å². The number of hydrogen-bond donors (Lipinski definition) is 0. The van der Waals surface area contributed by atoms with Gasteiger partial charge in [0, 0.05) is 42.3 Å². The molecule has 0 spiro atoms. The molecule has 7 heteroatoms. The largest absolute Gasteiger partial charge is 0.439 e. The van der Waals surface area contributed by atoms with E-state index in [1.54, 1.807) is 24.3 Å². The molecule has 6 nitrogen and oxygen atoms in total. The first-order valence-corrected chi connectivity index (χ1v) is 10.3. The number of aryl methyl sites for hydroxylation is 1. The second-order valence-electron chi connectivity index (χ2n) is 7.43. The van der Waals surface area contributed by atoms with Crippen LogP contribution in [-0.4, -0.2) is 46.5 Å². The monoisotopic (exact) mass is 422 g/mol. The molecule has 0 saturated carbocycles. The summed E-state index contributed by atoms with van der Waals surface area (Å²) in [6, 6.07) is 16.7. The lowest BCUT2D eigenvalue weighted by molar-refractivity contribution is 0.0673. The first-order valence-electron chi connectivity index (χ1n) is 9.87. The van der Waals surface area contributed by atoms with Gasteiger partial charge in [0.15, 0.2) is 0 Å². The molecule has 0 aliphatic carbocycles. The van der Waals surface area contributed by atoms with E-state index in [0.717, 1.165) is 16.9 Å². The van der Waals surface area contributed by atoms with Crippen LogP contribution >= 0.6 is 11.6 Å². The number of halogens is 1. The molecule has 1 fully saturated rings. The van der Waals surface area contributed by atoms with Crippen molar-refractivity contribution in [2.75, 3.05) is 24.5 Å². The third kappa shape index (κ3) is 4.54. The molecule has 2 aromatic carbocycles. The number of carbonyl (C=O) groups is 1. The number of aromatic nitrogens is 2. The fourth-order valence-electron chi connectivity index (χ4n) is 3.51. The van der Waals surface area contributed by atoms with Crippen LogP contribution < -0.4 is 9.64 Å². The second-order valence-corrected chi connectivity index (χ2v) is 7.87. The Morgan fingerprint density at radius 3 is 2.50 bits per heavy atom. The fraction of sp³-hybridized carbons (Fsp3) is 0.261. The Hall–Kier alpha value is -3.12. The third-order valence-electron chi connectivity index (χ3n) is 5.17. The number of ether oxygens (including phenoxy) is 1. The highest BCUT2D eigenvalue weighted by atomic mass is 35.5. The Morgan fingerprint density at radius 1 is 1.07 bits per heavy atom. The van der Waals surface area contributed by atoms with Crippen molar-refractivity contribution in [3.8, 4) is 11.6 Å². The van der Waals surface area contributed by atoms with E-state index in [4.69, 9.17) is 16.3 Å². The highest BCUT2D eigenvalue weighted by molar-refractivity contribution is 6.30. The van der Waals surface area contributed by atoms with Crippen molar-refractivity contribution in [3.63, 3.8) is 0 Å². The lowest BCUT2D eigenvalue weighted by atomic mass is 10.1. The molecule has 1 aliphatic rings. The van der Waals surface area contributed by atoms with Gasteiger partial charge in [-0.05, 0) is 50.2 Å². The van der Waals surface area contributed by atoms with Crippen LogP contribution in [0.3, 0.4) is 0 Å². The smallest absolute Gasteiger partial charge is 0.254 e. The van der Waals surface area contributed by atoms with E-state index in [1.165, 1.54) is 6.33 Å². The number of piperazine rings is 1. The molecule has 0 unspecified atom stereocenters. The summed E-state index contributed by atoms with van der Waals surface area (Å²) >= 11 is 5.92. The van der Waals surface area contributed by atoms with Gasteiger partial charge in [-0.2, -0.15) is 0 Å². The predicted octanol–water partition coefficient (Wildman–Crippen LogP) is 4.58. The summed E-state index contributed by atoms with van der Waals surface area (Å²) in [4.78, 5) is 25.6. The zero-order chi connectivity index (χ0) is 21.1. The van der Waals surface area contributed by atoms with Crippen LogP contribution in [0, 0.1) is 6.92 Å². The van der Waals surface area contributed by atoms with Gasteiger partial charge in [-0.1, -0.05) is 29.3 Å². The second kappa shape index (κ2) is 8.71. The van der Waals surface area contributed by atoms with Gasteiger partial charge < -0.3 is 14.5 Å². The Labute approximate surface area is 181 Å². The normalized spacial score (nSPS) is 16.4. The average molecular weight is 423 g/mol. The van der Waals surface area contributed by atoms with Crippen LogP contribution in [0.2, 0.25) is 5.02 Å². The van der Waals surface area contributed by atoms with Crippen molar-refractivity contribution in [2.24, 2.45) is 0 Å². The predicted molar refractivity (Wildman–Crippen MR) is 117 cm³/mol. The van der Waals surface area contributed by atoms with Gasteiger partial charge in [-0.25, -0.2) is 9.97 Å². The quantitative estimate of drug-likeness (QED) is 0.615. The Bertz CT molecular complexity index is 1020. The molecule has 1 saturated heterocycles. The maximum absolute atomic E-state index is 12.9. The van der Waals surface area contributed by atoms with Gasteiger partial charge in [0.2, 0.25) is 5.88 Å². The van der Waals surface area contributed by atoms with Gasteiger partial charge in [0.1, 0.15) is 17.9 Å². The first-order chi connectivity index (χ1) is 14.5. The van der Waals surface area contributed by atoms with Crippen LogP contribution in [0.15, 0.2) is 60.9 Å². The summed E-state index contributed by atoms with van der Waals surface area (Å²) in [5, 5.41) is 0.651. The van der Waals surface area contributed by atoms with Crippen LogP contribution in [0.25, 0.3) is 0 Å². The van der Waals surface area contributed by atoms with E-state index in [0.29, 0.717) is 36.3 Å². The fourth-order valence-corrected chi connectivity index (χ4v) is 3.64. The molecule has 1 aromatic heterocycles. The molecule has 0 N–H and O–H groups in total. The Kier molecular flexibility index (Phi) is 5.86. The molecule has 1 atom stereocenters. The third-order valence-corrected chi connectivity index (χ3v) is 5.43. The molecular formula is C23H23ClN4O2. The number of rotatable bonds is 4. The highest BCUT2D eigenvalue weighted by Gasteiger charge is 2.29. The van der Waals surface area contributed by atoms with Gasteiger partial charge >= 0.3 is 0 Å². The number of amides is 1. The average Bonchev–Trinajstić information content (AvgIpc) is 2.75. The van der Waals surface area contributed by atoms with E-state index in [9.17, 15) is 4.79 Å². The van der Waals surface area contributed by atoms with Crippen LogP contribution in [0.1, 0.15) is 22.8 Å². The standard InChI is InChI=1S/C23H23ClN4O2/c1-16-3-5-18(6-4-16)23(29)28-12-11-27(14-17(28)2)21-13-22(26-15-25-21)30-20-9-7-19(24)8-10-20/h3-10,13,15,17H,11-12,14H2,1-2H3/t17-/m1/s1. The zero-order valence-electron chi connectivity index (χ0n) is 17.0. The molecule has 0 bridgehead atoms. The molecule has 2 heterocycles. The minimum absolute atomic E-state index is 0.0585. The first kappa shape index (κ1) is 20.2. The maximum Gasteiger partial charge on any atom is 0.254 e. The number of hydrogen-bond acceptors (Lipinski definition) is 5. The summed E-state index contributed by atoms with van der Waals surface area (Å²) in [7, 11) is 0. The van der Waals surface area contributed by atoms with Crippen LogP contribution in [0.4, 0.5) is 5.82 Å². The van der Waals surface area contributed by atoms with E-state index in [2.05, 4.69) is 21.8 Å². The number of benzene rings is 2. The van der Waals surface area contributed by atoms with Gasteiger partial charge in [-0.3, -0.25) is 4.79 Å². The molecule has 4 rings (SSSR count). The summed E-state index contributed by atoms with van der Waals surface area (Å²) < 4.78 is 5.82. The van der Waals surface area contributed by atoms with Crippen molar-refractivity contribution in [1.82, 2.24) is 14.9 Å². The Morgan fingerprint density at radius 2 is 1.80 bits per heavy atom. The van der Waals surface area contributed by atoms with Crippen molar-refractivity contribution < 1.29 is 9.53 Å².